The van der Waals surface area contributed by atoms with Crippen molar-refractivity contribution in [2.24, 2.45) is 5.73 Å². The second kappa shape index (κ2) is 7.07. The number of nitrogens with zero attached hydrogens (tertiary/aromatic N) is 1. The van der Waals surface area contributed by atoms with E-state index in [2.05, 4.69) is 17.9 Å². The molecule has 0 saturated carbocycles. The molecule has 1 aromatic rings. The highest BCUT2D eigenvalue weighted by Crippen LogP contribution is 2.27. The van der Waals surface area contributed by atoms with Gasteiger partial charge in [-0.3, -0.25) is 4.90 Å². The number of likely N-dealkylation sites (N-methyl/N-ethyl adjacent to an activating group) is 1. The first-order chi connectivity index (χ1) is 9.28. The van der Waals surface area contributed by atoms with E-state index in [4.69, 9.17) is 10.5 Å². The van der Waals surface area contributed by atoms with Gasteiger partial charge in [-0.25, -0.2) is 0 Å². The van der Waals surface area contributed by atoms with Gasteiger partial charge in [0.2, 0.25) is 0 Å². The SMILES string of the molecule is CCN(CC(C)(C)O)C(c1cccc(OC)c1)C(C)N. The highest BCUT2D eigenvalue weighted by atomic mass is 16.5. The van der Waals surface area contributed by atoms with Crippen molar-refractivity contribution in [2.75, 3.05) is 20.2 Å². The van der Waals surface area contributed by atoms with Crippen molar-refractivity contribution in [3.05, 3.63) is 29.8 Å². The molecule has 0 fully saturated rings. The van der Waals surface area contributed by atoms with E-state index < -0.39 is 5.60 Å². The second-order valence-corrected chi connectivity index (χ2v) is 5.96. The van der Waals surface area contributed by atoms with Gasteiger partial charge in [0.05, 0.1) is 12.7 Å². The van der Waals surface area contributed by atoms with Crippen molar-refractivity contribution in [2.45, 2.75) is 45.4 Å². The van der Waals surface area contributed by atoms with Gasteiger partial charge < -0.3 is 15.6 Å². The molecule has 0 aromatic heterocycles. The monoisotopic (exact) mass is 280 g/mol. The van der Waals surface area contributed by atoms with Gasteiger partial charge in [0.1, 0.15) is 5.75 Å². The summed E-state index contributed by atoms with van der Waals surface area (Å²) in [4.78, 5) is 2.21. The largest absolute Gasteiger partial charge is 0.497 e. The van der Waals surface area contributed by atoms with Crippen LogP contribution >= 0.6 is 0 Å². The molecule has 1 aromatic carbocycles. The molecular formula is C16H28N2O2. The summed E-state index contributed by atoms with van der Waals surface area (Å²) in [5.74, 6) is 0.826. The molecule has 4 nitrogen and oxygen atoms in total. The van der Waals surface area contributed by atoms with Crippen molar-refractivity contribution < 1.29 is 9.84 Å². The fourth-order valence-electron chi connectivity index (χ4n) is 2.58. The molecule has 0 saturated heterocycles. The van der Waals surface area contributed by atoms with Crippen LogP contribution in [-0.2, 0) is 0 Å². The molecule has 3 N–H and O–H groups in total. The number of hydrogen-bond acceptors (Lipinski definition) is 4. The Kier molecular flexibility index (Phi) is 5.99. The maximum Gasteiger partial charge on any atom is 0.119 e. The average Bonchev–Trinajstić information content (AvgIpc) is 2.36. The molecule has 20 heavy (non-hydrogen) atoms. The lowest BCUT2D eigenvalue weighted by Gasteiger charge is -2.37. The number of aliphatic hydroxyl groups is 1. The Morgan fingerprint density at radius 2 is 2.05 bits per heavy atom. The molecule has 0 aliphatic heterocycles. The van der Waals surface area contributed by atoms with E-state index in [-0.39, 0.29) is 12.1 Å². The van der Waals surface area contributed by atoms with Crippen molar-refractivity contribution in [1.29, 1.82) is 0 Å². The van der Waals surface area contributed by atoms with Gasteiger partial charge in [-0.15, -0.1) is 0 Å². The highest BCUT2D eigenvalue weighted by Gasteiger charge is 2.27. The smallest absolute Gasteiger partial charge is 0.119 e. The summed E-state index contributed by atoms with van der Waals surface area (Å²) in [7, 11) is 1.66. The Hall–Kier alpha value is -1.10. The first-order valence-corrected chi connectivity index (χ1v) is 7.14. The number of ether oxygens (including phenoxy) is 1. The Balaban J connectivity index is 3.08. The van der Waals surface area contributed by atoms with E-state index in [1.54, 1.807) is 7.11 Å². The van der Waals surface area contributed by atoms with E-state index in [1.807, 2.05) is 39.0 Å². The van der Waals surface area contributed by atoms with Gasteiger partial charge in [-0.1, -0.05) is 19.1 Å². The number of benzene rings is 1. The van der Waals surface area contributed by atoms with Gasteiger partial charge in [0.25, 0.3) is 0 Å². The lowest BCUT2D eigenvalue weighted by atomic mass is 9.97. The second-order valence-electron chi connectivity index (χ2n) is 5.96. The minimum atomic E-state index is -0.748. The summed E-state index contributed by atoms with van der Waals surface area (Å²) >= 11 is 0. The van der Waals surface area contributed by atoms with E-state index in [1.165, 1.54) is 0 Å². The third-order valence-corrected chi connectivity index (χ3v) is 3.32. The predicted octanol–water partition coefficient (Wildman–Crippen LogP) is 2.18. The Labute approximate surface area is 122 Å². The van der Waals surface area contributed by atoms with Gasteiger partial charge in [-0.05, 0) is 45.0 Å². The first kappa shape index (κ1) is 17.0. The minimum absolute atomic E-state index is 0.0376. The van der Waals surface area contributed by atoms with Crippen LogP contribution in [0.5, 0.6) is 5.75 Å². The molecule has 0 bridgehead atoms. The molecule has 114 valence electrons. The zero-order valence-corrected chi connectivity index (χ0v) is 13.3. The molecule has 2 atom stereocenters. The van der Waals surface area contributed by atoms with Crippen molar-refractivity contribution in [3.63, 3.8) is 0 Å². The van der Waals surface area contributed by atoms with Crippen molar-refractivity contribution >= 4 is 0 Å². The molecular weight excluding hydrogens is 252 g/mol. The molecule has 4 heteroatoms. The molecule has 0 heterocycles. The van der Waals surface area contributed by atoms with Crippen LogP contribution in [0.4, 0.5) is 0 Å². The third-order valence-electron chi connectivity index (χ3n) is 3.32. The summed E-state index contributed by atoms with van der Waals surface area (Å²) in [5.41, 5.74) is 6.56. The minimum Gasteiger partial charge on any atom is -0.497 e. The van der Waals surface area contributed by atoms with Crippen LogP contribution in [0.3, 0.4) is 0 Å². The summed E-state index contributed by atoms with van der Waals surface area (Å²) in [5, 5.41) is 10.1. The van der Waals surface area contributed by atoms with Gasteiger partial charge in [0.15, 0.2) is 0 Å². The normalized spacial score (nSPS) is 15.2. The quantitative estimate of drug-likeness (QED) is 0.803. The summed E-state index contributed by atoms with van der Waals surface area (Å²) < 4.78 is 5.29. The summed E-state index contributed by atoms with van der Waals surface area (Å²) in [6.07, 6.45) is 0. The average molecular weight is 280 g/mol. The fourth-order valence-corrected chi connectivity index (χ4v) is 2.58. The van der Waals surface area contributed by atoms with Crippen LogP contribution < -0.4 is 10.5 Å². The molecule has 0 spiro atoms. The lowest BCUT2D eigenvalue weighted by Crippen LogP contribution is -2.45. The zero-order valence-electron chi connectivity index (χ0n) is 13.3. The number of methoxy groups -OCH3 is 1. The Morgan fingerprint density at radius 3 is 2.50 bits per heavy atom. The van der Waals surface area contributed by atoms with Crippen LogP contribution in [0.2, 0.25) is 0 Å². The number of hydrogen-bond donors (Lipinski definition) is 2. The van der Waals surface area contributed by atoms with E-state index in [0.717, 1.165) is 17.9 Å². The third kappa shape index (κ3) is 4.78. The van der Waals surface area contributed by atoms with Crippen LogP contribution in [0.25, 0.3) is 0 Å². The molecule has 2 unspecified atom stereocenters. The van der Waals surface area contributed by atoms with Crippen LogP contribution in [0.1, 0.15) is 39.3 Å². The Bertz CT molecular complexity index is 413. The molecule has 0 aliphatic carbocycles. The van der Waals surface area contributed by atoms with Crippen molar-refractivity contribution in [1.82, 2.24) is 4.90 Å². The van der Waals surface area contributed by atoms with E-state index >= 15 is 0 Å². The Morgan fingerprint density at radius 1 is 1.40 bits per heavy atom. The number of nitrogens with two attached hydrogens (primary N) is 1. The van der Waals surface area contributed by atoms with Gasteiger partial charge in [-0.2, -0.15) is 0 Å². The first-order valence-electron chi connectivity index (χ1n) is 7.14. The molecule has 0 radical (unpaired) electrons. The van der Waals surface area contributed by atoms with Crippen molar-refractivity contribution in [3.8, 4) is 5.75 Å². The standard InChI is InChI=1S/C16H28N2O2/c1-6-18(11-16(3,4)19)15(12(2)17)13-8-7-9-14(10-13)20-5/h7-10,12,15,19H,6,11,17H2,1-5H3. The number of rotatable bonds is 7. The summed E-state index contributed by atoms with van der Waals surface area (Å²) in [6, 6.07) is 7.99. The van der Waals surface area contributed by atoms with Crippen LogP contribution in [0, 0.1) is 0 Å². The van der Waals surface area contributed by atoms with Gasteiger partial charge in [0, 0.05) is 18.6 Å². The summed E-state index contributed by atoms with van der Waals surface area (Å²) in [6.45, 7) is 9.12. The van der Waals surface area contributed by atoms with E-state index in [0.29, 0.717) is 6.54 Å². The van der Waals surface area contributed by atoms with Crippen LogP contribution in [0.15, 0.2) is 24.3 Å². The fraction of sp³-hybridized carbons (Fsp3) is 0.625. The lowest BCUT2D eigenvalue weighted by molar-refractivity contribution is 0.0187. The predicted molar refractivity (Wildman–Crippen MR) is 82.9 cm³/mol. The zero-order chi connectivity index (χ0) is 15.3. The molecule has 1 rings (SSSR count). The van der Waals surface area contributed by atoms with E-state index in [9.17, 15) is 5.11 Å². The van der Waals surface area contributed by atoms with Gasteiger partial charge >= 0.3 is 0 Å². The maximum absolute atomic E-state index is 10.1. The molecule has 0 amide bonds. The molecule has 0 aliphatic rings. The maximum atomic E-state index is 10.1. The van der Waals surface area contributed by atoms with Crippen LogP contribution in [-0.4, -0.2) is 41.8 Å². The topological polar surface area (TPSA) is 58.7 Å². The highest BCUT2D eigenvalue weighted by molar-refractivity contribution is 5.31.